The lowest BCUT2D eigenvalue weighted by molar-refractivity contribution is -0.134. The van der Waals surface area contributed by atoms with Gasteiger partial charge in [-0.15, -0.1) is 12.6 Å². The van der Waals surface area contributed by atoms with Gasteiger partial charge in [-0.25, -0.2) is 0 Å². The molecule has 0 spiro atoms. The summed E-state index contributed by atoms with van der Waals surface area (Å²) >= 11 is 4.08. The van der Waals surface area contributed by atoms with E-state index in [2.05, 4.69) is 24.1 Å². The Hall–Kier alpha value is -1.69. The van der Waals surface area contributed by atoms with Crippen molar-refractivity contribution in [2.45, 2.75) is 11.8 Å². The molecule has 6 heteroatoms. The van der Waals surface area contributed by atoms with Crippen LogP contribution in [0.4, 0.5) is 0 Å². The summed E-state index contributed by atoms with van der Waals surface area (Å²) in [6, 6.07) is 9.79. The van der Waals surface area contributed by atoms with Crippen molar-refractivity contribution in [3.63, 3.8) is 0 Å². The highest BCUT2D eigenvalue weighted by Gasteiger charge is 1.73. The molecule has 0 radical (unpaired) electrons. The highest BCUT2D eigenvalue weighted by Crippen LogP contribution is 2.00. The Labute approximate surface area is 94.0 Å². The molecule has 0 aliphatic heterocycles. The van der Waals surface area contributed by atoms with E-state index in [-0.39, 0.29) is 5.96 Å². The summed E-state index contributed by atoms with van der Waals surface area (Å²) in [6.45, 7) is 1.08. The zero-order valence-electron chi connectivity index (χ0n) is 8.34. The minimum absolute atomic E-state index is 0.333. The zero-order valence-corrected chi connectivity index (χ0v) is 9.24. The standard InChI is InChI=1S/C6H6S.C2H4O2.CH5N3/c7-6-4-2-1-3-5-6;1-2(3)4;2-1(3)4/h1-5,7H;1H3,(H,3,4);(H5,2,3,4). The van der Waals surface area contributed by atoms with Crippen molar-refractivity contribution >= 4 is 24.6 Å². The first kappa shape index (κ1) is 15.8. The van der Waals surface area contributed by atoms with Crippen molar-refractivity contribution in [1.29, 1.82) is 5.41 Å². The largest absolute Gasteiger partial charge is 0.481 e. The molecule has 0 heterocycles. The molecule has 0 aliphatic carbocycles. The van der Waals surface area contributed by atoms with E-state index in [1.165, 1.54) is 0 Å². The fourth-order valence-electron chi connectivity index (χ4n) is 0.428. The smallest absolute Gasteiger partial charge is 0.300 e. The molecule has 1 aromatic carbocycles. The summed E-state index contributed by atoms with van der Waals surface area (Å²) in [6.07, 6.45) is 0. The molecule has 0 bridgehead atoms. The first-order valence-corrected chi connectivity index (χ1v) is 4.34. The van der Waals surface area contributed by atoms with E-state index in [1.54, 1.807) is 0 Å². The Morgan fingerprint density at radius 1 is 1.33 bits per heavy atom. The van der Waals surface area contributed by atoms with Gasteiger partial charge in [0.1, 0.15) is 0 Å². The number of benzene rings is 1. The third-order valence-corrected chi connectivity index (χ3v) is 1.05. The number of nitrogens with two attached hydrogens (primary N) is 2. The van der Waals surface area contributed by atoms with Gasteiger partial charge >= 0.3 is 0 Å². The lowest BCUT2D eigenvalue weighted by atomic mass is 10.4. The average molecular weight is 229 g/mol. The summed E-state index contributed by atoms with van der Waals surface area (Å²) in [5.74, 6) is -1.17. The topological polar surface area (TPSA) is 113 Å². The molecule has 0 atom stereocenters. The zero-order chi connectivity index (χ0) is 12.3. The minimum Gasteiger partial charge on any atom is -0.481 e. The Morgan fingerprint density at radius 2 is 1.60 bits per heavy atom. The number of carboxylic acid groups (broad SMARTS) is 1. The molecular formula is C9H15N3O2S. The SMILES string of the molecule is CC(=O)O.N=C(N)N.Sc1ccccc1. The highest BCUT2D eigenvalue weighted by atomic mass is 32.1. The van der Waals surface area contributed by atoms with Crippen LogP contribution in [-0.2, 0) is 4.79 Å². The van der Waals surface area contributed by atoms with Crippen LogP contribution in [-0.4, -0.2) is 17.0 Å². The Morgan fingerprint density at radius 3 is 1.73 bits per heavy atom. The summed E-state index contributed by atoms with van der Waals surface area (Å²) in [5, 5.41) is 13.5. The van der Waals surface area contributed by atoms with Crippen molar-refractivity contribution in [2.75, 3.05) is 0 Å². The first-order valence-electron chi connectivity index (χ1n) is 3.89. The molecule has 0 aliphatic rings. The van der Waals surface area contributed by atoms with Crippen molar-refractivity contribution in [3.8, 4) is 0 Å². The maximum Gasteiger partial charge on any atom is 0.300 e. The van der Waals surface area contributed by atoms with Gasteiger partial charge in [-0.3, -0.25) is 10.2 Å². The Balaban J connectivity index is 0. The van der Waals surface area contributed by atoms with Gasteiger partial charge < -0.3 is 16.6 Å². The molecule has 5 nitrogen and oxygen atoms in total. The van der Waals surface area contributed by atoms with E-state index in [4.69, 9.17) is 15.3 Å². The van der Waals surface area contributed by atoms with Crippen LogP contribution in [0.1, 0.15) is 6.92 Å². The van der Waals surface area contributed by atoms with Gasteiger partial charge in [-0.05, 0) is 12.1 Å². The number of guanidine groups is 1. The molecule has 0 saturated carbocycles. The number of carbonyl (C=O) groups is 1. The molecule has 0 fully saturated rings. The molecule has 1 rings (SSSR count). The number of nitrogens with one attached hydrogen (secondary N) is 1. The van der Waals surface area contributed by atoms with Crippen molar-refractivity contribution in [3.05, 3.63) is 30.3 Å². The second kappa shape index (κ2) is 10.4. The van der Waals surface area contributed by atoms with Crippen LogP contribution < -0.4 is 11.5 Å². The van der Waals surface area contributed by atoms with Crippen molar-refractivity contribution in [1.82, 2.24) is 0 Å². The number of aliphatic carboxylic acids is 1. The van der Waals surface area contributed by atoms with Gasteiger partial charge in [-0.2, -0.15) is 0 Å². The van der Waals surface area contributed by atoms with Gasteiger partial charge in [0.05, 0.1) is 0 Å². The van der Waals surface area contributed by atoms with Crippen molar-refractivity contribution in [2.24, 2.45) is 11.5 Å². The number of hydrogen-bond acceptors (Lipinski definition) is 3. The molecule has 0 aromatic heterocycles. The van der Waals surface area contributed by atoms with Crippen LogP contribution in [0.3, 0.4) is 0 Å². The van der Waals surface area contributed by atoms with Crippen LogP contribution in [0.5, 0.6) is 0 Å². The molecule has 1 aromatic rings. The quantitative estimate of drug-likeness (QED) is 0.258. The van der Waals surface area contributed by atoms with E-state index >= 15 is 0 Å². The third kappa shape index (κ3) is 32.9. The third-order valence-electron chi connectivity index (χ3n) is 0.756. The van der Waals surface area contributed by atoms with Gasteiger partial charge in [-0.1, -0.05) is 18.2 Å². The van der Waals surface area contributed by atoms with Gasteiger partial charge in [0, 0.05) is 11.8 Å². The van der Waals surface area contributed by atoms with E-state index in [9.17, 15) is 0 Å². The van der Waals surface area contributed by atoms with Crippen LogP contribution in [0.2, 0.25) is 0 Å². The molecule has 0 saturated heterocycles. The van der Waals surface area contributed by atoms with Gasteiger partial charge in [0.15, 0.2) is 5.96 Å². The fraction of sp³-hybridized carbons (Fsp3) is 0.111. The highest BCUT2D eigenvalue weighted by molar-refractivity contribution is 7.80. The van der Waals surface area contributed by atoms with Crippen LogP contribution in [0.25, 0.3) is 0 Å². The summed E-state index contributed by atoms with van der Waals surface area (Å²) in [4.78, 5) is 10.0. The van der Waals surface area contributed by atoms with E-state index in [0.29, 0.717) is 0 Å². The van der Waals surface area contributed by atoms with Crippen LogP contribution in [0, 0.1) is 5.41 Å². The number of rotatable bonds is 0. The number of thiol groups is 1. The van der Waals surface area contributed by atoms with Gasteiger partial charge in [0.2, 0.25) is 0 Å². The molecule has 84 valence electrons. The molecular weight excluding hydrogens is 214 g/mol. The predicted octanol–water partition coefficient (Wildman–Crippen LogP) is 0.905. The molecule has 0 amide bonds. The summed E-state index contributed by atoms with van der Waals surface area (Å²) in [5.41, 5.74) is 8.94. The number of carboxylic acids is 1. The average Bonchev–Trinajstić information content (AvgIpc) is 2.03. The minimum atomic E-state index is -0.833. The Bertz CT molecular complexity index is 271. The predicted molar refractivity (Wildman–Crippen MR) is 63.1 cm³/mol. The normalized spacial score (nSPS) is 7.33. The lowest BCUT2D eigenvalue weighted by Gasteiger charge is -1.81. The lowest BCUT2D eigenvalue weighted by Crippen LogP contribution is -2.20. The van der Waals surface area contributed by atoms with E-state index < -0.39 is 5.97 Å². The maximum absolute atomic E-state index is 9.00. The molecule has 6 N–H and O–H groups in total. The second-order valence-electron chi connectivity index (χ2n) is 2.31. The van der Waals surface area contributed by atoms with Crippen LogP contribution >= 0.6 is 12.6 Å². The monoisotopic (exact) mass is 229 g/mol. The first-order chi connectivity index (χ1) is 6.86. The van der Waals surface area contributed by atoms with E-state index in [1.807, 2.05) is 30.3 Å². The van der Waals surface area contributed by atoms with Crippen LogP contribution in [0.15, 0.2) is 35.2 Å². The summed E-state index contributed by atoms with van der Waals surface area (Å²) < 4.78 is 0. The van der Waals surface area contributed by atoms with E-state index in [0.717, 1.165) is 11.8 Å². The van der Waals surface area contributed by atoms with Gasteiger partial charge in [0.25, 0.3) is 5.97 Å². The fourth-order valence-corrected chi connectivity index (χ4v) is 0.600. The van der Waals surface area contributed by atoms with Crippen molar-refractivity contribution < 1.29 is 9.90 Å². The molecule has 15 heavy (non-hydrogen) atoms. The molecule has 0 unspecified atom stereocenters. The Kier molecular flexibility index (Phi) is 10.9. The number of hydrogen-bond donors (Lipinski definition) is 5. The second-order valence-corrected chi connectivity index (χ2v) is 2.83. The summed E-state index contributed by atoms with van der Waals surface area (Å²) in [7, 11) is 0. The maximum atomic E-state index is 9.00.